The summed E-state index contributed by atoms with van der Waals surface area (Å²) < 4.78 is 26.8. The van der Waals surface area contributed by atoms with E-state index < -0.39 is 24.1 Å². The topological polar surface area (TPSA) is 127 Å². The molecule has 0 saturated carbocycles. The zero-order chi connectivity index (χ0) is 44.4. The molecule has 0 radical (unpaired) electrons. The number of hydrogen-bond donors (Lipinski definition) is 0. The van der Waals surface area contributed by atoms with Crippen molar-refractivity contribution in [2.24, 2.45) is 0 Å². The minimum atomic E-state index is -1.19. The van der Waals surface area contributed by atoms with Crippen molar-refractivity contribution in [2.45, 2.75) is 75.6 Å². The first-order valence-corrected chi connectivity index (χ1v) is 23.2. The summed E-state index contributed by atoms with van der Waals surface area (Å²) in [5.74, 6) is -0.881. The van der Waals surface area contributed by atoms with Crippen LogP contribution in [0.15, 0.2) is 131 Å². The first kappa shape index (κ1) is 50.9. The smallest absolute Gasteiger partial charge is 0.547 e. The van der Waals surface area contributed by atoms with Crippen LogP contribution in [0.1, 0.15) is 36.4 Å². The SMILES string of the molecule is CCO[C@@H](Cc1ccc(OCCn2c(C)ccc2-c2ccc(SC)cc2)cc1)C(=O)[O-].CCO[C@@H](Cc1ccc(OCCn2c(C)ccc2-c2ccc(SC)cc2)cc1)C(=O)[O-].[Zn+2]. The van der Waals surface area contributed by atoms with Gasteiger partial charge < -0.3 is 47.9 Å². The third-order valence-electron chi connectivity index (χ3n) is 10.3. The molecule has 63 heavy (non-hydrogen) atoms. The number of nitrogens with zero attached hydrogens (tertiary/aromatic N) is 2. The summed E-state index contributed by atoms with van der Waals surface area (Å²) in [5, 5.41) is 22.3. The Kier molecular flexibility index (Phi) is 21.1. The summed E-state index contributed by atoms with van der Waals surface area (Å²) in [6, 6.07) is 40.6. The molecule has 2 heterocycles. The van der Waals surface area contributed by atoms with Gasteiger partial charge in [0.05, 0.1) is 25.0 Å². The zero-order valence-corrected chi connectivity index (χ0v) is 41.6. The summed E-state index contributed by atoms with van der Waals surface area (Å²) in [7, 11) is 0. The maximum absolute atomic E-state index is 11.1. The molecule has 0 N–H and O–H groups in total. The minimum absolute atomic E-state index is 0. The van der Waals surface area contributed by atoms with Crippen LogP contribution in [0.25, 0.3) is 22.5 Å². The first-order chi connectivity index (χ1) is 30.0. The molecule has 0 aliphatic carbocycles. The number of aliphatic carboxylic acids is 2. The number of rotatable bonds is 22. The van der Waals surface area contributed by atoms with Gasteiger partial charge in [-0.05, 0) is 135 Å². The van der Waals surface area contributed by atoms with Gasteiger partial charge in [-0.25, -0.2) is 0 Å². The number of aromatic nitrogens is 2. The van der Waals surface area contributed by atoms with Crippen LogP contribution in [0, 0.1) is 13.8 Å². The van der Waals surface area contributed by atoms with Crippen LogP contribution in [0.2, 0.25) is 0 Å². The Hall–Kier alpha value is -4.78. The Morgan fingerprint density at radius 2 is 0.889 bits per heavy atom. The van der Waals surface area contributed by atoms with Gasteiger partial charge in [0.2, 0.25) is 0 Å². The maximum atomic E-state index is 11.1. The average molecular weight is 943 g/mol. The van der Waals surface area contributed by atoms with Gasteiger partial charge in [-0.3, -0.25) is 0 Å². The fraction of sp³-hybridized carbons (Fsp3) is 0.320. The van der Waals surface area contributed by atoms with Gasteiger partial charge in [0, 0.05) is 58.6 Å². The second kappa shape index (κ2) is 26.1. The van der Waals surface area contributed by atoms with Crippen LogP contribution in [-0.4, -0.2) is 72.2 Å². The van der Waals surface area contributed by atoms with Crippen molar-refractivity contribution in [2.75, 3.05) is 38.9 Å². The monoisotopic (exact) mass is 940 g/mol. The fourth-order valence-corrected chi connectivity index (χ4v) is 7.78. The van der Waals surface area contributed by atoms with Crippen LogP contribution in [0.4, 0.5) is 0 Å². The molecule has 328 valence electrons. The van der Waals surface area contributed by atoms with Gasteiger partial charge in [-0.2, -0.15) is 0 Å². The largest absolute Gasteiger partial charge is 2.00 e. The fourth-order valence-electron chi connectivity index (χ4n) is 6.96. The summed E-state index contributed by atoms with van der Waals surface area (Å²) in [6.45, 7) is 10.9. The maximum Gasteiger partial charge on any atom is 2.00 e. The Balaban J connectivity index is 0.000000272. The average Bonchev–Trinajstić information content (AvgIpc) is 3.85. The third-order valence-corrected chi connectivity index (χ3v) is 11.8. The zero-order valence-electron chi connectivity index (χ0n) is 37.0. The van der Waals surface area contributed by atoms with Crippen molar-refractivity contribution in [1.29, 1.82) is 0 Å². The molecular weight excluding hydrogens is 886 g/mol. The number of carbonyl (C=O) groups excluding carboxylic acids is 2. The van der Waals surface area contributed by atoms with Crippen LogP contribution in [0.3, 0.4) is 0 Å². The number of benzene rings is 4. The van der Waals surface area contributed by atoms with E-state index in [2.05, 4.69) is 108 Å². The van der Waals surface area contributed by atoms with Crippen molar-refractivity contribution >= 4 is 35.5 Å². The molecule has 4 aromatic carbocycles. The molecule has 0 unspecified atom stereocenters. The van der Waals surface area contributed by atoms with E-state index in [4.69, 9.17) is 18.9 Å². The number of carboxylic acids is 2. The van der Waals surface area contributed by atoms with Crippen molar-refractivity contribution in [3.63, 3.8) is 0 Å². The van der Waals surface area contributed by atoms with Crippen molar-refractivity contribution in [1.82, 2.24) is 9.13 Å². The van der Waals surface area contributed by atoms with Gasteiger partial charge in [0.25, 0.3) is 0 Å². The molecule has 0 bridgehead atoms. The Morgan fingerprint density at radius 3 is 1.19 bits per heavy atom. The number of carbonyl (C=O) groups is 2. The van der Waals surface area contributed by atoms with Crippen LogP contribution in [0.5, 0.6) is 11.5 Å². The number of ether oxygens (including phenoxy) is 4. The molecule has 2 atom stereocenters. The summed E-state index contributed by atoms with van der Waals surface area (Å²) >= 11 is 3.47. The standard InChI is InChI=1S/2C25H29NO4S.Zn/c2*1-4-29-24(25(27)28)17-19-6-10-21(11-7-19)30-16-15-26-18(2)5-14-23(26)20-8-12-22(31-3)13-9-20;/h2*5-14,24H,4,15-17H2,1-3H3,(H,27,28);/q;;+2/p-2/t2*24-;/m00./s1. The molecule has 6 rings (SSSR count). The molecule has 0 fully saturated rings. The summed E-state index contributed by atoms with van der Waals surface area (Å²) in [4.78, 5) is 24.8. The molecule has 6 aromatic rings. The van der Waals surface area contributed by atoms with E-state index in [0.29, 0.717) is 26.4 Å². The van der Waals surface area contributed by atoms with E-state index in [0.717, 1.165) is 35.7 Å². The van der Waals surface area contributed by atoms with Crippen LogP contribution in [-0.2, 0) is 64.5 Å². The Labute approximate surface area is 393 Å². The molecule has 13 heteroatoms. The predicted molar refractivity (Wildman–Crippen MR) is 245 cm³/mol. The van der Waals surface area contributed by atoms with E-state index in [1.807, 2.05) is 48.5 Å². The van der Waals surface area contributed by atoms with E-state index in [-0.39, 0.29) is 32.3 Å². The van der Waals surface area contributed by atoms with E-state index in [1.54, 1.807) is 37.4 Å². The van der Waals surface area contributed by atoms with Crippen LogP contribution >= 0.6 is 23.5 Å². The first-order valence-electron chi connectivity index (χ1n) is 20.7. The molecular formula is C50H56N2O8S2Zn. The number of thioether (sulfide) groups is 2. The molecule has 0 aliphatic heterocycles. The van der Waals surface area contributed by atoms with E-state index >= 15 is 0 Å². The molecule has 2 aromatic heterocycles. The van der Waals surface area contributed by atoms with Gasteiger partial charge in [-0.1, -0.05) is 48.5 Å². The minimum Gasteiger partial charge on any atom is -0.547 e. The van der Waals surface area contributed by atoms with Crippen molar-refractivity contribution in [3.05, 3.63) is 144 Å². The van der Waals surface area contributed by atoms with Gasteiger partial charge in [0.1, 0.15) is 36.9 Å². The molecule has 0 amide bonds. The molecule has 0 spiro atoms. The molecule has 0 aliphatic rings. The Bertz CT molecular complexity index is 2130. The number of carboxylic acid groups (broad SMARTS) is 2. The number of aryl methyl sites for hydroxylation is 2. The van der Waals surface area contributed by atoms with Gasteiger partial charge in [0.15, 0.2) is 0 Å². The predicted octanol–water partition coefficient (Wildman–Crippen LogP) is 7.92. The Morgan fingerprint density at radius 1 is 0.540 bits per heavy atom. The summed E-state index contributed by atoms with van der Waals surface area (Å²) in [6.07, 6.45) is 2.84. The van der Waals surface area contributed by atoms with Gasteiger partial charge >= 0.3 is 19.5 Å². The van der Waals surface area contributed by atoms with Crippen molar-refractivity contribution < 1.29 is 58.2 Å². The molecule has 0 saturated heterocycles. The molecule has 10 nitrogen and oxygen atoms in total. The van der Waals surface area contributed by atoms with Crippen molar-refractivity contribution in [3.8, 4) is 34.0 Å². The normalized spacial score (nSPS) is 11.8. The van der Waals surface area contributed by atoms with Crippen LogP contribution < -0.4 is 19.7 Å². The third kappa shape index (κ3) is 15.2. The van der Waals surface area contributed by atoms with E-state index in [1.165, 1.54) is 43.7 Å². The van der Waals surface area contributed by atoms with E-state index in [9.17, 15) is 19.8 Å². The second-order valence-electron chi connectivity index (χ2n) is 14.4. The number of hydrogen-bond acceptors (Lipinski definition) is 10. The quantitative estimate of drug-likeness (QED) is 0.0490. The van der Waals surface area contributed by atoms with Gasteiger partial charge in [-0.15, -0.1) is 23.5 Å². The second-order valence-corrected chi connectivity index (χ2v) is 16.2. The summed E-state index contributed by atoms with van der Waals surface area (Å²) in [5.41, 5.74) is 8.83.